The summed E-state index contributed by atoms with van der Waals surface area (Å²) in [6, 6.07) is 12.9. The van der Waals surface area contributed by atoms with Gasteiger partial charge in [-0.2, -0.15) is 0 Å². The van der Waals surface area contributed by atoms with Gasteiger partial charge in [0.2, 0.25) is 5.91 Å². The molecule has 0 atom stereocenters. The molecular formula is C18H17Cl2NO. The van der Waals surface area contributed by atoms with E-state index in [9.17, 15) is 4.79 Å². The molecule has 0 fully saturated rings. The molecule has 0 heterocycles. The molecule has 1 N–H and O–H groups in total. The third-order valence-corrected chi connectivity index (χ3v) is 3.78. The van der Waals surface area contributed by atoms with Crippen LogP contribution in [0.15, 0.2) is 48.5 Å². The van der Waals surface area contributed by atoms with Crippen molar-refractivity contribution in [1.82, 2.24) is 0 Å². The molecule has 0 aliphatic rings. The zero-order valence-electron chi connectivity index (χ0n) is 12.4. The molecule has 0 bridgehead atoms. The topological polar surface area (TPSA) is 29.1 Å². The van der Waals surface area contributed by atoms with Crippen molar-refractivity contribution in [2.45, 2.75) is 19.8 Å². The number of para-hydroxylation sites is 1. The van der Waals surface area contributed by atoms with Crippen molar-refractivity contribution in [3.8, 4) is 0 Å². The van der Waals surface area contributed by atoms with E-state index in [1.807, 2.05) is 24.3 Å². The molecule has 1 amide bonds. The number of rotatable bonds is 4. The molecule has 114 valence electrons. The number of carbonyl (C=O) groups is 1. The Bertz CT molecular complexity index is 708. The Morgan fingerprint density at radius 3 is 2.55 bits per heavy atom. The van der Waals surface area contributed by atoms with Gasteiger partial charge in [-0.15, -0.1) is 0 Å². The lowest BCUT2D eigenvalue weighted by atomic mass is 10.0. The first-order chi connectivity index (χ1) is 10.5. The normalized spacial score (nSPS) is 11.1. The molecule has 2 nitrogen and oxygen atoms in total. The van der Waals surface area contributed by atoms with Crippen LogP contribution in [0.4, 0.5) is 5.69 Å². The smallest absolute Gasteiger partial charge is 0.248 e. The van der Waals surface area contributed by atoms with Crippen LogP contribution in [-0.2, 0) is 4.79 Å². The highest BCUT2D eigenvalue weighted by Gasteiger charge is 2.07. The number of nitrogens with one attached hydrogen (secondary N) is 1. The van der Waals surface area contributed by atoms with Gasteiger partial charge >= 0.3 is 0 Å². The van der Waals surface area contributed by atoms with Crippen LogP contribution in [0.25, 0.3) is 6.08 Å². The molecule has 0 aromatic heterocycles. The van der Waals surface area contributed by atoms with Crippen molar-refractivity contribution in [3.63, 3.8) is 0 Å². The molecule has 0 unspecified atom stereocenters. The number of carbonyl (C=O) groups excluding carboxylic acids is 1. The average Bonchev–Trinajstić information content (AvgIpc) is 2.46. The largest absolute Gasteiger partial charge is 0.322 e. The zero-order valence-corrected chi connectivity index (χ0v) is 13.9. The molecular weight excluding hydrogens is 317 g/mol. The van der Waals surface area contributed by atoms with Crippen LogP contribution in [0, 0.1) is 0 Å². The van der Waals surface area contributed by atoms with Crippen LogP contribution in [-0.4, -0.2) is 5.91 Å². The Kier molecular flexibility index (Phi) is 5.64. The van der Waals surface area contributed by atoms with Gasteiger partial charge in [0.25, 0.3) is 0 Å². The summed E-state index contributed by atoms with van der Waals surface area (Å²) in [6.45, 7) is 4.18. The van der Waals surface area contributed by atoms with Crippen LogP contribution in [0.1, 0.15) is 30.9 Å². The van der Waals surface area contributed by atoms with E-state index in [0.717, 1.165) is 16.8 Å². The van der Waals surface area contributed by atoms with E-state index in [0.29, 0.717) is 16.0 Å². The van der Waals surface area contributed by atoms with Crippen molar-refractivity contribution in [2.75, 3.05) is 5.32 Å². The Balaban J connectivity index is 2.12. The standard InChI is InChI=1S/C18H17Cl2NO/c1-12(2)15-5-3-4-6-17(15)21-18(22)10-8-13-7-9-14(19)11-16(13)20/h3-12H,1-2H3,(H,21,22). The Hall–Kier alpha value is -1.77. The summed E-state index contributed by atoms with van der Waals surface area (Å²) < 4.78 is 0. The molecule has 0 aliphatic heterocycles. The van der Waals surface area contributed by atoms with Gasteiger partial charge < -0.3 is 5.32 Å². The zero-order chi connectivity index (χ0) is 16.1. The van der Waals surface area contributed by atoms with E-state index in [2.05, 4.69) is 19.2 Å². The molecule has 0 spiro atoms. The minimum absolute atomic E-state index is 0.195. The lowest BCUT2D eigenvalue weighted by molar-refractivity contribution is -0.111. The lowest BCUT2D eigenvalue weighted by Crippen LogP contribution is -2.10. The van der Waals surface area contributed by atoms with Crippen LogP contribution in [0.3, 0.4) is 0 Å². The predicted molar refractivity (Wildman–Crippen MR) is 94.7 cm³/mol. The fourth-order valence-electron chi connectivity index (χ4n) is 2.09. The summed E-state index contributed by atoms with van der Waals surface area (Å²) in [7, 11) is 0. The van der Waals surface area contributed by atoms with E-state index >= 15 is 0 Å². The van der Waals surface area contributed by atoms with Crippen molar-refractivity contribution in [1.29, 1.82) is 0 Å². The predicted octanol–water partition coefficient (Wildman–Crippen LogP) is 5.77. The van der Waals surface area contributed by atoms with Gasteiger partial charge in [-0.05, 0) is 41.3 Å². The average molecular weight is 334 g/mol. The minimum Gasteiger partial charge on any atom is -0.322 e. The fourth-order valence-corrected chi connectivity index (χ4v) is 2.56. The van der Waals surface area contributed by atoms with Gasteiger partial charge in [-0.1, -0.05) is 61.3 Å². The maximum Gasteiger partial charge on any atom is 0.248 e. The van der Waals surface area contributed by atoms with Crippen LogP contribution in [0.5, 0.6) is 0 Å². The SMILES string of the molecule is CC(C)c1ccccc1NC(=O)C=Cc1ccc(Cl)cc1Cl. The Labute approximate surface area is 140 Å². The van der Waals surface area contributed by atoms with Crippen molar-refractivity contribution < 1.29 is 4.79 Å². The van der Waals surface area contributed by atoms with Gasteiger partial charge in [0.05, 0.1) is 0 Å². The molecule has 0 saturated carbocycles. The fraction of sp³-hybridized carbons (Fsp3) is 0.167. The maximum atomic E-state index is 12.1. The summed E-state index contributed by atoms with van der Waals surface area (Å²) in [5.74, 6) is 0.144. The van der Waals surface area contributed by atoms with E-state index in [1.54, 1.807) is 24.3 Å². The Morgan fingerprint density at radius 1 is 1.14 bits per heavy atom. The third kappa shape index (κ3) is 4.36. The molecule has 0 radical (unpaired) electrons. The first-order valence-electron chi connectivity index (χ1n) is 7.00. The van der Waals surface area contributed by atoms with Crippen LogP contribution < -0.4 is 5.32 Å². The maximum absolute atomic E-state index is 12.1. The first kappa shape index (κ1) is 16.6. The lowest BCUT2D eigenvalue weighted by Gasteiger charge is -2.12. The molecule has 2 rings (SSSR count). The molecule has 0 aliphatic carbocycles. The second-order valence-corrected chi connectivity index (χ2v) is 6.07. The second kappa shape index (κ2) is 7.48. The molecule has 0 saturated heterocycles. The number of hydrogen-bond acceptors (Lipinski definition) is 1. The van der Waals surface area contributed by atoms with E-state index in [4.69, 9.17) is 23.2 Å². The van der Waals surface area contributed by atoms with Gasteiger partial charge in [0.15, 0.2) is 0 Å². The van der Waals surface area contributed by atoms with Crippen molar-refractivity contribution in [3.05, 3.63) is 69.7 Å². The van der Waals surface area contributed by atoms with Gasteiger partial charge in [0.1, 0.15) is 0 Å². The van der Waals surface area contributed by atoms with Crippen LogP contribution in [0.2, 0.25) is 10.0 Å². The number of anilines is 1. The highest BCUT2D eigenvalue weighted by Crippen LogP contribution is 2.24. The van der Waals surface area contributed by atoms with E-state index < -0.39 is 0 Å². The third-order valence-electron chi connectivity index (χ3n) is 3.22. The second-order valence-electron chi connectivity index (χ2n) is 5.23. The number of hydrogen-bond donors (Lipinski definition) is 1. The van der Waals surface area contributed by atoms with Crippen molar-refractivity contribution in [2.24, 2.45) is 0 Å². The highest BCUT2D eigenvalue weighted by atomic mass is 35.5. The minimum atomic E-state index is -0.195. The van der Waals surface area contributed by atoms with E-state index in [-0.39, 0.29) is 5.91 Å². The molecule has 4 heteroatoms. The van der Waals surface area contributed by atoms with Crippen molar-refractivity contribution >= 4 is 40.9 Å². The summed E-state index contributed by atoms with van der Waals surface area (Å²) in [4.78, 5) is 12.1. The highest BCUT2D eigenvalue weighted by molar-refractivity contribution is 6.35. The Morgan fingerprint density at radius 2 is 1.86 bits per heavy atom. The van der Waals surface area contributed by atoms with Gasteiger partial charge in [-0.3, -0.25) is 4.79 Å². The molecule has 2 aromatic carbocycles. The molecule has 2 aromatic rings. The first-order valence-corrected chi connectivity index (χ1v) is 7.76. The number of halogens is 2. The number of amides is 1. The van der Waals surface area contributed by atoms with E-state index in [1.165, 1.54) is 6.08 Å². The summed E-state index contributed by atoms with van der Waals surface area (Å²) in [5.41, 5.74) is 2.68. The van der Waals surface area contributed by atoms with Crippen LogP contribution >= 0.6 is 23.2 Å². The summed E-state index contributed by atoms with van der Waals surface area (Å²) >= 11 is 11.9. The summed E-state index contributed by atoms with van der Waals surface area (Å²) in [6.07, 6.45) is 3.14. The van der Waals surface area contributed by atoms with Gasteiger partial charge in [0, 0.05) is 21.8 Å². The molecule has 22 heavy (non-hydrogen) atoms. The monoisotopic (exact) mass is 333 g/mol. The quantitative estimate of drug-likeness (QED) is 0.707. The van der Waals surface area contributed by atoms with Gasteiger partial charge in [-0.25, -0.2) is 0 Å². The number of benzene rings is 2. The summed E-state index contributed by atoms with van der Waals surface area (Å²) in [5, 5.41) is 3.98.